The molecule has 3 aromatic rings. The van der Waals surface area contributed by atoms with E-state index < -0.39 is 0 Å². The number of hydrogen-bond acceptors (Lipinski definition) is 5. The molecule has 0 atom stereocenters. The first-order chi connectivity index (χ1) is 12.2. The highest BCUT2D eigenvalue weighted by atomic mass is 32.1. The molecule has 1 aliphatic rings. The van der Waals surface area contributed by atoms with E-state index >= 15 is 0 Å². The molecule has 0 saturated heterocycles. The van der Waals surface area contributed by atoms with Crippen molar-refractivity contribution in [3.63, 3.8) is 0 Å². The van der Waals surface area contributed by atoms with Crippen molar-refractivity contribution in [2.75, 3.05) is 25.6 Å². The summed E-state index contributed by atoms with van der Waals surface area (Å²) >= 11 is 1.76. The maximum atomic E-state index is 5.66. The average Bonchev–Trinajstić information content (AvgIpc) is 3.02. The number of ether oxygens (including phenoxy) is 2. The monoisotopic (exact) mass is 352 g/mol. The molecule has 2 aromatic carbocycles. The maximum absolute atomic E-state index is 5.66. The van der Waals surface area contributed by atoms with Crippen molar-refractivity contribution < 1.29 is 9.47 Å². The number of nitrogens with zero attached hydrogens (tertiary/aromatic N) is 1. The summed E-state index contributed by atoms with van der Waals surface area (Å²) in [5.41, 5.74) is 4.48. The van der Waals surface area contributed by atoms with Crippen molar-refractivity contribution in [1.82, 2.24) is 4.98 Å². The van der Waals surface area contributed by atoms with Crippen LogP contribution in [0, 0.1) is 6.92 Å². The van der Waals surface area contributed by atoms with Crippen molar-refractivity contribution in [2.45, 2.75) is 13.3 Å². The summed E-state index contributed by atoms with van der Waals surface area (Å²) in [5, 5.41) is 4.51. The van der Waals surface area contributed by atoms with Gasteiger partial charge in [-0.05, 0) is 42.8 Å². The van der Waals surface area contributed by atoms with Gasteiger partial charge in [0.25, 0.3) is 0 Å². The zero-order valence-electron chi connectivity index (χ0n) is 14.3. The van der Waals surface area contributed by atoms with E-state index in [9.17, 15) is 0 Å². The Hall–Kier alpha value is -2.53. The Morgan fingerprint density at radius 1 is 1.20 bits per heavy atom. The van der Waals surface area contributed by atoms with Gasteiger partial charge in [0.05, 0.1) is 23.5 Å². The second-order valence-corrected chi connectivity index (χ2v) is 7.31. The van der Waals surface area contributed by atoms with Crippen LogP contribution in [0.4, 0.5) is 5.69 Å². The van der Waals surface area contributed by atoms with Gasteiger partial charge in [-0.25, -0.2) is 4.98 Å². The lowest BCUT2D eigenvalue weighted by atomic mass is 10.1. The summed E-state index contributed by atoms with van der Waals surface area (Å²) in [7, 11) is 1.68. The number of aryl methyl sites for hydroxylation is 1. The molecule has 1 aliphatic heterocycles. The smallest absolute Gasteiger partial charge is 0.142 e. The van der Waals surface area contributed by atoms with Gasteiger partial charge in [0.15, 0.2) is 0 Å². The highest BCUT2D eigenvalue weighted by molar-refractivity contribution is 7.12. The van der Waals surface area contributed by atoms with Gasteiger partial charge in [-0.2, -0.15) is 0 Å². The summed E-state index contributed by atoms with van der Waals surface area (Å²) in [5.74, 6) is 1.80. The van der Waals surface area contributed by atoms with Gasteiger partial charge in [-0.3, -0.25) is 0 Å². The van der Waals surface area contributed by atoms with Crippen molar-refractivity contribution >= 4 is 17.0 Å². The number of benzene rings is 2. The first-order valence-corrected chi connectivity index (χ1v) is 9.15. The Labute approximate surface area is 151 Å². The van der Waals surface area contributed by atoms with E-state index in [0.717, 1.165) is 46.4 Å². The fourth-order valence-corrected chi connectivity index (χ4v) is 3.99. The predicted octanol–water partition coefficient (Wildman–Crippen LogP) is 4.52. The predicted molar refractivity (Wildman–Crippen MR) is 102 cm³/mol. The quantitative estimate of drug-likeness (QED) is 0.750. The van der Waals surface area contributed by atoms with Crippen LogP contribution in [0.15, 0.2) is 42.5 Å². The van der Waals surface area contributed by atoms with Gasteiger partial charge in [0.2, 0.25) is 0 Å². The standard InChI is InChI=1S/C20H20N2O2S/c1-13-20(15-5-8-18-17(12-15)21-9-10-24-18)22-19(25-13)11-14-3-6-16(23-2)7-4-14/h3-8,12,21H,9-11H2,1-2H3. The van der Waals surface area contributed by atoms with Crippen molar-refractivity contribution in [3.8, 4) is 22.8 Å². The molecule has 0 aliphatic carbocycles. The third-order valence-electron chi connectivity index (χ3n) is 4.28. The van der Waals surface area contributed by atoms with Gasteiger partial charge in [0, 0.05) is 23.4 Å². The molecule has 0 spiro atoms. The second kappa shape index (κ2) is 6.76. The van der Waals surface area contributed by atoms with Crippen molar-refractivity contribution in [3.05, 3.63) is 57.9 Å². The first-order valence-electron chi connectivity index (χ1n) is 8.33. The van der Waals surface area contributed by atoms with Gasteiger partial charge in [0.1, 0.15) is 18.1 Å². The lowest BCUT2D eigenvalue weighted by Gasteiger charge is -2.19. The third-order valence-corrected chi connectivity index (χ3v) is 5.25. The second-order valence-electron chi connectivity index (χ2n) is 6.02. The number of rotatable bonds is 4. The molecule has 5 heteroatoms. The first kappa shape index (κ1) is 16.0. The number of anilines is 1. The number of methoxy groups -OCH3 is 1. The lowest BCUT2D eigenvalue weighted by Crippen LogP contribution is -2.17. The summed E-state index contributed by atoms with van der Waals surface area (Å²) in [4.78, 5) is 6.12. The molecule has 25 heavy (non-hydrogen) atoms. The Morgan fingerprint density at radius 3 is 2.84 bits per heavy atom. The number of nitrogens with one attached hydrogen (secondary N) is 1. The van der Waals surface area contributed by atoms with Crippen LogP contribution in [-0.2, 0) is 6.42 Å². The largest absolute Gasteiger partial charge is 0.497 e. The zero-order chi connectivity index (χ0) is 17.2. The van der Waals surface area contributed by atoms with Crippen LogP contribution >= 0.6 is 11.3 Å². The molecule has 0 radical (unpaired) electrons. The van der Waals surface area contributed by atoms with Gasteiger partial charge in [-0.1, -0.05) is 12.1 Å². The molecule has 4 nitrogen and oxygen atoms in total. The Balaban J connectivity index is 1.59. The molecule has 0 fully saturated rings. The van der Waals surface area contributed by atoms with E-state index in [1.165, 1.54) is 10.4 Å². The Bertz CT molecular complexity index is 887. The van der Waals surface area contributed by atoms with Crippen LogP contribution in [0.25, 0.3) is 11.3 Å². The number of thiazole rings is 1. The van der Waals surface area contributed by atoms with E-state index in [1.807, 2.05) is 18.2 Å². The van der Waals surface area contributed by atoms with Crippen LogP contribution in [0.1, 0.15) is 15.4 Å². The third kappa shape index (κ3) is 3.33. The Kier molecular flexibility index (Phi) is 4.32. The highest BCUT2D eigenvalue weighted by Crippen LogP contribution is 2.35. The van der Waals surface area contributed by atoms with Crippen LogP contribution in [0.2, 0.25) is 0 Å². The van der Waals surface area contributed by atoms with E-state index in [2.05, 4.69) is 36.5 Å². The molecule has 128 valence electrons. The fraction of sp³-hybridized carbons (Fsp3) is 0.250. The SMILES string of the molecule is COc1ccc(Cc2nc(-c3ccc4c(c3)NCCO4)c(C)s2)cc1. The van der Waals surface area contributed by atoms with Crippen LogP contribution in [0.5, 0.6) is 11.5 Å². The normalized spacial score (nSPS) is 12.9. The van der Waals surface area contributed by atoms with Crippen LogP contribution in [-0.4, -0.2) is 25.2 Å². The van der Waals surface area contributed by atoms with E-state index in [-0.39, 0.29) is 0 Å². The molecule has 0 amide bonds. The minimum absolute atomic E-state index is 0.716. The topological polar surface area (TPSA) is 43.4 Å². The van der Waals surface area contributed by atoms with Crippen molar-refractivity contribution in [2.24, 2.45) is 0 Å². The van der Waals surface area contributed by atoms with E-state index in [0.29, 0.717) is 6.61 Å². The van der Waals surface area contributed by atoms with Crippen LogP contribution in [0.3, 0.4) is 0 Å². The summed E-state index contributed by atoms with van der Waals surface area (Å²) in [6.45, 7) is 3.69. The zero-order valence-corrected chi connectivity index (χ0v) is 15.2. The minimum Gasteiger partial charge on any atom is -0.497 e. The van der Waals surface area contributed by atoms with Gasteiger partial charge < -0.3 is 14.8 Å². The number of fused-ring (bicyclic) bond motifs is 1. The summed E-state index contributed by atoms with van der Waals surface area (Å²) < 4.78 is 10.9. The van der Waals surface area contributed by atoms with Crippen molar-refractivity contribution in [1.29, 1.82) is 0 Å². The molecule has 0 bridgehead atoms. The average molecular weight is 352 g/mol. The molecular weight excluding hydrogens is 332 g/mol. The minimum atomic E-state index is 0.716. The summed E-state index contributed by atoms with van der Waals surface area (Å²) in [6.07, 6.45) is 0.835. The van der Waals surface area contributed by atoms with Gasteiger partial charge >= 0.3 is 0 Å². The van der Waals surface area contributed by atoms with Crippen LogP contribution < -0.4 is 14.8 Å². The number of hydrogen-bond donors (Lipinski definition) is 1. The summed E-state index contributed by atoms with van der Waals surface area (Å²) in [6, 6.07) is 14.4. The lowest BCUT2D eigenvalue weighted by molar-refractivity contribution is 0.323. The molecule has 0 saturated carbocycles. The molecule has 4 rings (SSSR count). The molecule has 2 heterocycles. The Morgan fingerprint density at radius 2 is 2.04 bits per heavy atom. The molecule has 0 unspecified atom stereocenters. The van der Waals surface area contributed by atoms with Gasteiger partial charge in [-0.15, -0.1) is 11.3 Å². The molecule has 1 N–H and O–H groups in total. The molecular formula is C20H20N2O2S. The van der Waals surface area contributed by atoms with E-state index in [4.69, 9.17) is 14.5 Å². The highest BCUT2D eigenvalue weighted by Gasteiger charge is 2.15. The number of aromatic nitrogens is 1. The fourth-order valence-electron chi connectivity index (χ4n) is 3.00. The maximum Gasteiger partial charge on any atom is 0.142 e. The molecule has 1 aromatic heterocycles. The van der Waals surface area contributed by atoms with E-state index in [1.54, 1.807) is 18.4 Å².